The molecule has 0 saturated heterocycles. The van der Waals surface area contributed by atoms with Gasteiger partial charge in [0.2, 0.25) is 5.91 Å². The van der Waals surface area contributed by atoms with Gasteiger partial charge in [0.1, 0.15) is 0 Å². The van der Waals surface area contributed by atoms with E-state index in [4.69, 9.17) is 0 Å². The minimum Gasteiger partial charge on any atom is -0.326 e. The Balaban J connectivity index is 1.91. The number of amides is 1. The highest BCUT2D eigenvalue weighted by atomic mass is 19.3. The Bertz CT molecular complexity index is 955. The molecule has 3 rings (SSSR count). The van der Waals surface area contributed by atoms with E-state index in [-0.39, 0.29) is 11.5 Å². The molecule has 1 aromatic heterocycles. The van der Waals surface area contributed by atoms with Gasteiger partial charge in [-0.15, -0.1) is 0 Å². The topological polar surface area (TPSA) is 42.0 Å². The maximum absolute atomic E-state index is 13.8. The zero-order valence-corrected chi connectivity index (χ0v) is 14.9. The van der Waals surface area contributed by atoms with Crippen molar-refractivity contribution in [2.45, 2.75) is 19.8 Å². The van der Waals surface area contributed by atoms with Gasteiger partial charge in [-0.25, -0.2) is 8.78 Å². The summed E-state index contributed by atoms with van der Waals surface area (Å²) in [7, 11) is 0. The van der Waals surface area contributed by atoms with E-state index in [1.165, 1.54) is 6.08 Å². The van der Waals surface area contributed by atoms with E-state index in [1.807, 2.05) is 12.1 Å². The summed E-state index contributed by atoms with van der Waals surface area (Å²) in [6, 6.07) is 17.6. The fraction of sp³-hybridized carbons (Fsp3) is 0.182. The van der Waals surface area contributed by atoms with Crippen LogP contribution in [-0.4, -0.2) is 17.3 Å². The average Bonchev–Trinajstić information content (AvgIpc) is 2.69. The minimum atomic E-state index is -2.68. The molecule has 2 aromatic carbocycles. The number of hydrogen-bond donors (Lipinski definition) is 1. The van der Waals surface area contributed by atoms with Crippen molar-refractivity contribution < 1.29 is 13.6 Å². The number of rotatable bonds is 6. The third-order valence-electron chi connectivity index (χ3n) is 4.37. The minimum absolute atomic E-state index is 0.143. The lowest BCUT2D eigenvalue weighted by atomic mass is 9.96. The first-order valence-electron chi connectivity index (χ1n) is 8.79. The van der Waals surface area contributed by atoms with Crippen LogP contribution in [0.2, 0.25) is 0 Å². The lowest BCUT2D eigenvalue weighted by Crippen LogP contribution is -2.21. The van der Waals surface area contributed by atoms with Gasteiger partial charge in [0.25, 0.3) is 6.43 Å². The Morgan fingerprint density at radius 1 is 1.11 bits per heavy atom. The molecule has 0 aliphatic heterocycles. The summed E-state index contributed by atoms with van der Waals surface area (Å²) in [5, 5.41) is 3.56. The Hall–Kier alpha value is -3.08. The zero-order chi connectivity index (χ0) is 19.2. The summed E-state index contributed by atoms with van der Waals surface area (Å²) in [5.41, 5.74) is 1.64. The van der Waals surface area contributed by atoms with Gasteiger partial charge in [-0.2, -0.15) is 0 Å². The van der Waals surface area contributed by atoms with Gasteiger partial charge in [-0.05, 0) is 42.3 Å². The van der Waals surface area contributed by atoms with Gasteiger partial charge in [0, 0.05) is 22.8 Å². The summed E-state index contributed by atoms with van der Waals surface area (Å²) >= 11 is 0. The Morgan fingerprint density at radius 2 is 1.89 bits per heavy atom. The number of pyridine rings is 1. The summed E-state index contributed by atoms with van der Waals surface area (Å²) < 4.78 is 27.5. The van der Waals surface area contributed by atoms with E-state index in [2.05, 4.69) is 10.3 Å². The molecule has 1 N–H and O–H groups in total. The average molecular weight is 366 g/mol. The number of anilines is 1. The van der Waals surface area contributed by atoms with Crippen LogP contribution in [0.4, 0.5) is 14.5 Å². The van der Waals surface area contributed by atoms with E-state index in [0.717, 1.165) is 10.9 Å². The number of fused-ring (bicyclic) bond motifs is 1. The molecular formula is C22H20F2N2O. The number of nitrogens with one attached hydrogen (secondary N) is 1. The highest BCUT2D eigenvalue weighted by molar-refractivity contribution is 5.95. The molecule has 0 bridgehead atoms. The fourth-order valence-corrected chi connectivity index (χ4v) is 2.90. The largest absolute Gasteiger partial charge is 0.326 e. The number of allylic oxidation sites excluding steroid dienone is 1. The first kappa shape index (κ1) is 18.7. The van der Waals surface area contributed by atoms with E-state index in [1.54, 1.807) is 61.7 Å². The summed E-state index contributed by atoms with van der Waals surface area (Å²) in [6.45, 7) is 1.80. The first-order valence-corrected chi connectivity index (χ1v) is 8.79. The maximum atomic E-state index is 13.8. The van der Waals surface area contributed by atoms with Crippen LogP contribution in [0.15, 0.2) is 72.9 Å². The van der Waals surface area contributed by atoms with Crippen LogP contribution < -0.4 is 5.32 Å². The van der Waals surface area contributed by atoms with Crippen LogP contribution in [0.1, 0.15) is 18.9 Å². The van der Waals surface area contributed by atoms with Gasteiger partial charge in [0.05, 0.1) is 11.4 Å². The Labute approximate surface area is 156 Å². The number of para-hydroxylation sites is 1. The second-order valence-electron chi connectivity index (χ2n) is 6.20. The number of halogens is 2. The first-order chi connectivity index (χ1) is 13.1. The van der Waals surface area contributed by atoms with Crippen LogP contribution in [0.3, 0.4) is 0 Å². The molecule has 0 spiro atoms. The third-order valence-corrected chi connectivity index (χ3v) is 4.37. The standard InChI is InChI=1S/C22H20F2N2O/c1-2-15(22(27)26-18-8-4-3-5-9-18)14-19(21(23)24)16-10-11-20-17(13-16)7-6-12-25-20/h3-15,21H,2H2,1H3,(H,26,27)/b19-14+/t15-/m0/s1. The van der Waals surface area contributed by atoms with Crippen molar-refractivity contribution in [2.24, 2.45) is 5.92 Å². The summed E-state index contributed by atoms with van der Waals surface area (Å²) in [4.78, 5) is 16.7. The van der Waals surface area contributed by atoms with Gasteiger partial charge < -0.3 is 5.32 Å². The third kappa shape index (κ3) is 4.56. The molecule has 0 radical (unpaired) electrons. The molecule has 1 heterocycles. The Morgan fingerprint density at radius 3 is 2.59 bits per heavy atom. The second-order valence-corrected chi connectivity index (χ2v) is 6.20. The molecule has 138 valence electrons. The zero-order valence-electron chi connectivity index (χ0n) is 14.9. The van der Waals surface area contributed by atoms with Crippen molar-refractivity contribution in [1.29, 1.82) is 0 Å². The van der Waals surface area contributed by atoms with Crippen LogP contribution in [0.5, 0.6) is 0 Å². The number of nitrogens with zero attached hydrogens (tertiary/aromatic N) is 1. The SMILES string of the molecule is CC[C@@H](/C=C(\c1ccc2ncccc2c1)C(F)F)C(=O)Nc1ccccc1. The molecule has 1 amide bonds. The van der Waals surface area contributed by atoms with Crippen molar-refractivity contribution in [3.8, 4) is 0 Å². The molecule has 0 aliphatic carbocycles. The number of hydrogen-bond acceptors (Lipinski definition) is 2. The molecule has 3 aromatic rings. The van der Waals surface area contributed by atoms with Gasteiger partial charge in [-0.3, -0.25) is 9.78 Å². The van der Waals surface area contributed by atoms with E-state index in [0.29, 0.717) is 17.7 Å². The van der Waals surface area contributed by atoms with Crippen LogP contribution >= 0.6 is 0 Å². The quantitative estimate of drug-likeness (QED) is 0.622. The van der Waals surface area contributed by atoms with Crippen molar-refractivity contribution >= 4 is 28.1 Å². The van der Waals surface area contributed by atoms with Gasteiger partial charge >= 0.3 is 0 Å². The van der Waals surface area contributed by atoms with Crippen LogP contribution in [-0.2, 0) is 4.79 Å². The van der Waals surface area contributed by atoms with E-state index < -0.39 is 12.3 Å². The van der Waals surface area contributed by atoms with E-state index >= 15 is 0 Å². The lowest BCUT2D eigenvalue weighted by Gasteiger charge is -2.15. The molecular weight excluding hydrogens is 346 g/mol. The highest BCUT2D eigenvalue weighted by Crippen LogP contribution is 2.27. The number of carbonyl (C=O) groups excluding carboxylic acids is 1. The molecule has 3 nitrogen and oxygen atoms in total. The fourth-order valence-electron chi connectivity index (χ4n) is 2.90. The smallest absolute Gasteiger partial charge is 0.264 e. The monoisotopic (exact) mass is 366 g/mol. The molecule has 0 unspecified atom stereocenters. The van der Waals surface area contributed by atoms with E-state index in [9.17, 15) is 13.6 Å². The normalized spacial score (nSPS) is 13.0. The van der Waals surface area contributed by atoms with Crippen LogP contribution in [0, 0.1) is 5.92 Å². The molecule has 0 saturated carbocycles. The van der Waals surface area contributed by atoms with Crippen LogP contribution in [0.25, 0.3) is 16.5 Å². The molecule has 0 aliphatic rings. The molecule has 5 heteroatoms. The number of aromatic nitrogens is 1. The maximum Gasteiger partial charge on any atom is 0.264 e. The highest BCUT2D eigenvalue weighted by Gasteiger charge is 2.20. The van der Waals surface area contributed by atoms with Gasteiger partial charge in [0.15, 0.2) is 0 Å². The summed E-state index contributed by atoms with van der Waals surface area (Å²) in [5.74, 6) is -0.955. The predicted molar refractivity (Wildman–Crippen MR) is 105 cm³/mol. The molecule has 1 atom stereocenters. The predicted octanol–water partition coefficient (Wildman–Crippen LogP) is 5.55. The van der Waals surface area contributed by atoms with Crippen molar-refractivity contribution in [3.05, 3.63) is 78.5 Å². The van der Waals surface area contributed by atoms with Crippen molar-refractivity contribution in [2.75, 3.05) is 5.32 Å². The van der Waals surface area contributed by atoms with Gasteiger partial charge in [-0.1, -0.05) is 43.3 Å². The molecule has 0 fully saturated rings. The molecule has 27 heavy (non-hydrogen) atoms. The lowest BCUT2D eigenvalue weighted by molar-refractivity contribution is -0.118. The second kappa shape index (κ2) is 8.54. The number of alkyl halides is 2. The number of carbonyl (C=O) groups is 1. The Kier molecular flexibility index (Phi) is 5.91. The number of benzene rings is 2. The van der Waals surface area contributed by atoms with Crippen molar-refractivity contribution in [1.82, 2.24) is 4.98 Å². The summed E-state index contributed by atoms with van der Waals surface area (Å²) in [6.07, 6.45) is 0.773. The van der Waals surface area contributed by atoms with Crippen molar-refractivity contribution in [3.63, 3.8) is 0 Å².